The topological polar surface area (TPSA) is 61.8 Å². The van der Waals surface area contributed by atoms with Crippen LogP contribution in [0.15, 0.2) is 47.6 Å². The van der Waals surface area contributed by atoms with E-state index in [4.69, 9.17) is 9.73 Å². The van der Waals surface area contributed by atoms with Crippen molar-refractivity contribution in [2.24, 2.45) is 4.99 Å². The normalized spacial score (nSPS) is 14.8. The lowest BCUT2D eigenvalue weighted by molar-refractivity contribution is 0.0341. The Kier molecular flexibility index (Phi) is 11.1. The highest BCUT2D eigenvalue weighted by Gasteiger charge is 2.12. The largest absolute Gasteiger partial charge is 0.379 e. The molecule has 0 bridgehead atoms. The number of benzene rings is 1. The SMILES string of the molecule is CCNC(=NCc1ccccc1CN1CCOCC1)NCCc1ccc(C)nc1.I. The number of aromatic nitrogens is 1. The van der Waals surface area contributed by atoms with Gasteiger partial charge in [0.1, 0.15) is 0 Å². The molecule has 0 atom stereocenters. The Balaban J connectivity index is 0.00000320. The number of aryl methyl sites for hydroxylation is 1. The van der Waals surface area contributed by atoms with E-state index in [1.807, 2.05) is 13.1 Å². The standard InChI is InChI=1S/C23H33N5O.HI/c1-3-24-23(25-11-10-20-9-8-19(2)26-16-20)27-17-21-6-4-5-7-22(21)18-28-12-14-29-15-13-28;/h4-9,16H,3,10-15,17-18H2,1-2H3,(H2,24,25,27);1H. The zero-order valence-corrected chi connectivity index (χ0v) is 20.4. The van der Waals surface area contributed by atoms with Crippen LogP contribution in [0, 0.1) is 6.92 Å². The fourth-order valence-electron chi connectivity index (χ4n) is 3.34. The van der Waals surface area contributed by atoms with E-state index in [0.29, 0.717) is 6.54 Å². The van der Waals surface area contributed by atoms with Gasteiger partial charge in [-0.15, -0.1) is 24.0 Å². The van der Waals surface area contributed by atoms with Crippen LogP contribution in [-0.2, 0) is 24.2 Å². The highest BCUT2D eigenvalue weighted by Crippen LogP contribution is 2.14. The Morgan fingerprint density at radius 3 is 2.57 bits per heavy atom. The molecule has 1 aliphatic rings. The number of halogens is 1. The summed E-state index contributed by atoms with van der Waals surface area (Å²) in [7, 11) is 0. The fourth-order valence-corrected chi connectivity index (χ4v) is 3.34. The van der Waals surface area contributed by atoms with Crippen molar-refractivity contribution in [2.45, 2.75) is 33.4 Å². The van der Waals surface area contributed by atoms with Gasteiger partial charge >= 0.3 is 0 Å². The molecule has 2 aromatic rings. The second kappa shape index (κ2) is 13.6. The minimum absolute atomic E-state index is 0. The summed E-state index contributed by atoms with van der Waals surface area (Å²) in [6.07, 6.45) is 2.87. The molecule has 3 rings (SSSR count). The molecule has 0 saturated carbocycles. The van der Waals surface area contributed by atoms with Crippen molar-refractivity contribution in [3.05, 3.63) is 65.0 Å². The summed E-state index contributed by atoms with van der Waals surface area (Å²) in [5, 5.41) is 6.78. The van der Waals surface area contributed by atoms with Gasteiger partial charge in [-0.1, -0.05) is 30.3 Å². The van der Waals surface area contributed by atoms with Gasteiger partial charge in [0.15, 0.2) is 5.96 Å². The smallest absolute Gasteiger partial charge is 0.191 e. The molecule has 2 N–H and O–H groups in total. The lowest BCUT2D eigenvalue weighted by Crippen LogP contribution is -2.38. The molecule has 1 aromatic heterocycles. The number of rotatable bonds is 8. The minimum Gasteiger partial charge on any atom is -0.379 e. The first-order chi connectivity index (χ1) is 14.2. The Labute approximate surface area is 197 Å². The van der Waals surface area contributed by atoms with Crippen LogP contribution in [0.1, 0.15) is 29.3 Å². The van der Waals surface area contributed by atoms with Crippen molar-refractivity contribution in [3.63, 3.8) is 0 Å². The van der Waals surface area contributed by atoms with Gasteiger partial charge < -0.3 is 15.4 Å². The van der Waals surface area contributed by atoms with Gasteiger partial charge in [-0.3, -0.25) is 9.88 Å². The Morgan fingerprint density at radius 1 is 1.10 bits per heavy atom. The molecule has 1 aliphatic heterocycles. The molecule has 0 radical (unpaired) electrons. The number of aliphatic imine (C=N–C) groups is 1. The molecule has 0 spiro atoms. The highest BCUT2D eigenvalue weighted by molar-refractivity contribution is 14.0. The van der Waals surface area contributed by atoms with Crippen molar-refractivity contribution < 1.29 is 4.74 Å². The maximum Gasteiger partial charge on any atom is 0.191 e. The van der Waals surface area contributed by atoms with Crippen LogP contribution in [0.3, 0.4) is 0 Å². The third kappa shape index (κ3) is 8.20. The van der Waals surface area contributed by atoms with E-state index in [0.717, 1.165) is 64.0 Å². The molecule has 1 fully saturated rings. The molecule has 2 heterocycles. The maximum absolute atomic E-state index is 5.46. The second-order valence-electron chi connectivity index (χ2n) is 7.34. The number of nitrogens with one attached hydrogen (secondary N) is 2. The van der Waals surface area contributed by atoms with Crippen LogP contribution in [0.2, 0.25) is 0 Å². The van der Waals surface area contributed by atoms with E-state index in [-0.39, 0.29) is 24.0 Å². The number of ether oxygens (including phenoxy) is 1. The first-order valence-electron chi connectivity index (χ1n) is 10.5. The summed E-state index contributed by atoms with van der Waals surface area (Å²) >= 11 is 0. The van der Waals surface area contributed by atoms with Crippen LogP contribution >= 0.6 is 24.0 Å². The number of nitrogens with zero attached hydrogens (tertiary/aromatic N) is 3. The Hall–Kier alpha value is -1.71. The number of guanidine groups is 1. The van der Waals surface area contributed by atoms with Crippen molar-refractivity contribution in [1.82, 2.24) is 20.5 Å². The van der Waals surface area contributed by atoms with Gasteiger partial charge in [-0.05, 0) is 43.0 Å². The Bertz CT molecular complexity index is 775. The number of morpholine rings is 1. The van der Waals surface area contributed by atoms with E-state index < -0.39 is 0 Å². The molecule has 6 nitrogen and oxygen atoms in total. The third-order valence-corrected chi connectivity index (χ3v) is 5.05. The number of hydrogen-bond donors (Lipinski definition) is 2. The highest BCUT2D eigenvalue weighted by atomic mass is 127. The van der Waals surface area contributed by atoms with E-state index in [2.05, 4.69) is 63.8 Å². The molecule has 0 amide bonds. The van der Waals surface area contributed by atoms with Crippen molar-refractivity contribution >= 4 is 29.9 Å². The number of pyridine rings is 1. The molecule has 7 heteroatoms. The molecule has 1 aromatic carbocycles. The molecular formula is C23H34IN5O. The van der Waals surface area contributed by atoms with Crippen molar-refractivity contribution in [3.8, 4) is 0 Å². The monoisotopic (exact) mass is 523 g/mol. The minimum atomic E-state index is 0. The first kappa shape index (κ1) is 24.6. The summed E-state index contributed by atoms with van der Waals surface area (Å²) in [6.45, 7) is 11.0. The van der Waals surface area contributed by atoms with E-state index in [1.54, 1.807) is 0 Å². The lowest BCUT2D eigenvalue weighted by atomic mass is 10.1. The van der Waals surface area contributed by atoms with Crippen molar-refractivity contribution in [1.29, 1.82) is 0 Å². The molecule has 30 heavy (non-hydrogen) atoms. The molecular weight excluding hydrogens is 489 g/mol. The zero-order valence-electron chi connectivity index (χ0n) is 18.1. The summed E-state index contributed by atoms with van der Waals surface area (Å²) in [5.41, 5.74) is 4.90. The van der Waals surface area contributed by atoms with Gasteiger partial charge in [-0.25, -0.2) is 4.99 Å². The average molecular weight is 523 g/mol. The maximum atomic E-state index is 5.46. The summed E-state index contributed by atoms with van der Waals surface area (Å²) in [5.74, 6) is 0.855. The molecule has 164 valence electrons. The quantitative estimate of drug-likeness (QED) is 0.317. The second-order valence-corrected chi connectivity index (χ2v) is 7.34. The van der Waals surface area contributed by atoms with Gasteiger partial charge in [0, 0.05) is 44.6 Å². The van der Waals surface area contributed by atoms with Gasteiger partial charge in [-0.2, -0.15) is 0 Å². The fraction of sp³-hybridized carbons (Fsp3) is 0.478. The van der Waals surface area contributed by atoms with Gasteiger partial charge in [0.2, 0.25) is 0 Å². The van der Waals surface area contributed by atoms with Gasteiger partial charge in [0.25, 0.3) is 0 Å². The van der Waals surface area contributed by atoms with Crippen LogP contribution in [0.5, 0.6) is 0 Å². The third-order valence-electron chi connectivity index (χ3n) is 5.05. The van der Waals surface area contributed by atoms with Crippen LogP contribution < -0.4 is 10.6 Å². The molecule has 0 aliphatic carbocycles. The lowest BCUT2D eigenvalue weighted by Gasteiger charge is -2.27. The Morgan fingerprint density at radius 2 is 1.87 bits per heavy atom. The number of hydrogen-bond acceptors (Lipinski definition) is 4. The molecule has 1 saturated heterocycles. The van der Waals surface area contributed by atoms with Crippen LogP contribution in [-0.4, -0.2) is 55.2 Å². The van der Waals surface area contributed by atoms with E-state index in [9.17, 15) is 0 Å². The van der Waals surface area contributed by atoms with Crippen molar-refractivity contribution in [2.75, 3.05) is 39.4 Å². The zero-order chi connectivity index (χ0) is 20.3. The average Bonchev–Trinajstić information content (AvgIpc) is 2.75. The summed E-state index contributed by atoms with van der Waals surface area (Å²) in [4.78, 5) is 11.6. The molecule has 0 unspecified atom stereocenters. The van der Waals surface area contributed by atoms with Crippen LogP contribution in [0.25, 0.3) is 0 Å². The van der Waals surface area contributed by atoms with E-state index in [1.165, 1.54) is 16.7 Å². The summed E-state index contributed by atoms with van der Waals surface area (Å²) in [6, 6.07) is 12.8. The van der Waals surface area contributed by atoms with Crippen LogP contribution in [0.4, 0.5) is 0 Å². The van der Waals surface area contributed by atoms with E-state index >= 15 is 0 Å². The van der Waals surface area contributed by atoms with Gasteiger partial charge in [0.05, 0.1) is 19.8 Å². The predicted octanol–water partition coefficient (Wildman–Crippen LogP) is 3.14. The summed E-state index contributed by atoms with van der Waals surface area (Å²) < 4.78 is 5.46. The first-order valence-corrected chi connectivity index (χ1v) is 10.5. The predicted molar refractivity (Wildman–Crippen MR) is 133 cm³/mol.